The number of esters is 2. The van der Waals surface area contributed by atoms with E-state index in [2.05, 4.69) is 60.8 Å². The van der Waals surface area contributed by atoms with Gasteiger partial charge in [0, 0.05) is 25.8 Å². The molecule has 0 fully saturated rings. The molecule has 0 aromatic rings. The minimum Gasteiger partial charge on any atom is -1.00 e. The van der Waals surface area contributed by atoms with Crippen molar-refractivity contribution in [2.75, 3.05) is 13.2 Å². The number of rotatable bonds is 16. The number of carbonyl (C=O) groups is 2. The van der Waals surface area contributed by atoms with Crippen molar-refractivity contribution in [2.45, 2.75) is 118 Å². The van der Waals surface area contributed by atoms with Crippen molar-refractivity contribution in [1.29, 1.82) is 0 Å². The Morgan fingerprint density at radius 2 is 1.42 bits per heavy atom. The van der Waals surface area contributed by atoms with Gasteiger partial charge >= 0.3 is 74.6 Å². The molecule has 0 N–H and O–H groups in total. The summed E-state index contributed by atoms with van der Waals surface area (Å²) >= 11 is 7.38. The first-order valence-electron chi connectivity index (χ1n) is 12.7. The fraction of sp³-hybridized carbons (Fsp3) is 0.778. The Labute approximate surface area is 289 Å². The van der Waals surface area contributed by atoms with E-state index in [0.29, 0.717) is 6.61 Å². The van der Waals surface area contributed by atoms with Crippen LogP contribution in [0, 0.1) is 5.92 Å². The fourth-order valence-corrected chi connectivity index (χ4v) is 2.20. The molecule has 1 radical (unpaired) electrons. The second-order valence-corrected chi connectivity index (χ2v) is 12.8. The number of allylic oxidation sites excluding steroid dienone is 2. The van der Waals surface area contributed by atoms with Crippen molar-refractivity contribution in [3.05, 3.63) is 24.8 Å². The Kier molecular flexibility index (Phi) is 74.8. The van der Waals surface area contributed by atoms with Gasteiger partial charge < -0.3 is 27.0 Å². The van der Waals surface area contributed by atoms with Crippen molar-refractivity contribution >= 4 is 82.1 Å². The Hall–Kier alpha value is 1.51. The van der Waals surface area contributed by atoms with Crippen LogP contribution < -0.4 is 17.5 Å². The third kappa shape index (κ3) is 61.5. The van der Waals surface area contributed by atoms with Crippen LogP contribution in [0.5, 0.6) is 0 Å². The number of unbranched alkanes of at least 4 members (excludes halogenated alkanes) is 6. The first kappa shape index (κ1) is 55.4. The van der Waals surface area contributed by atoms with Gasteiger partial charge in [-0.05, 0) is 38.5 Å². The van der Waals surface area contributed by atoms with Crippen molar-refractivity contribution in [3.63, 3.8) is 0 Å². The van der Waals surface area contributed by atoms with E-state index < -0.39 is 0 Å². The van der Waals surface area contributed by atoms with Crippen LogP contribution in [-0.4, -0.2) is 73.2 Å². The Balaban J connectivity index is -0.0000000744. The van der Waals surface area contributed by atoms with Gasteiger partial charge in [0.1, 0.15) is 6.10 Å². The normalized spacial score (nSPS) is 9.95. The summed E-state index contributed by atoms with van der Waals surface area (Å²) in [6.07, 6.45) is 17.9. The van der Waals surface area contributed by atoms with E-state index in [9.17, 15) is 14.7 Å². The van der Waals surface area contributed by atoms with Gasteiger partial charge in [-0.3, -0.25) is 9.59 Å². The van der Waals surface area contributed by atoms with Crippen molar-refractivity contribution in [3.8, 4) is 0 Å². The molecule has 1 unspecified atom stereocenters. The molecule has 224 valence electrons. The molecular weight excluding hydrogens is 694 g/mol. The maximum atomic E-state index is 11.2. The zero-order valence-electron chi connectivity index (χ0n) is 25.0. The molecule has 0 aliphatic rings. The predicted molar refractivity (Wildman–Crippen MR) is 163 cm³/mol. The van der Waals surface area contributed by atoms with Crippen LogP contribution in [0.25, 0.3) is 0 Å². The topological polar surface area (TPSA) is 75.7 Å². The Morgan fingerprint density at radius 1 is 0.947 bits per heavy atom. The molecule has 0 aromatic heterocycles. The monoisotopic (exact) mass is 742 g/mol. The summed E-state index contributed by atoms with van der Waals surface area (Å²) in [6, 6.07) is 0. The minimum absolute atomic E-state index is 0. The number of hydrogen-bond donors (Lipinski definition) is 0. The molecule has 0 aliphatic heterocycles. The van der Waals surface area contributed by atoms with Crippen LogP contribution in [0.15, 0.2) is 24.8 Å². The van der Waals surface area contributed by atoms with Gasteiger partial charge in [-0.15, -0.1) is 6.61 Å². The molecule has 5 nitrogen and oxygen atoms in total. The fourth-order valence-electron chi connectivity index (χ4n) is 2.20. The summed E-state index contributed by atoms with van der Waals surface area (Å²) < 4.78 is 10.0. The number of halogens is 3. The van der Waals surface area contributed by atoms with Crippen LogP contribution in [0.1, 0.15) is 112 Å². The van der Waals surface area contributed by atoms with E-state index in [4.69, 9.17) is 9.47 Å². The van der Waals surface area contributed by atoms with E-state index in [0.717, 1.165) is 51.4 Å². The van der Waals surface area contributed by atoms with Crippen LogP contribution >= 0.6 is 28.2 Å². The summed E-state index contributed by atoms with van der Waals surface area (Å²) in [5, 5.41) is 9.53. The average molecular weight is 746 g/mol. The molecule has 0 bridgehead atoms. The summed E-state index contributed by atoms with van der Waals surface area (Å²) in [5.74, 6) is -0.367. The molecule has 0 aliphatic carbocycles. The summed E-state index contributed by atoms with van der Waals surface area (Å²) in [5.41, 5.74) is 0. The second kappa shape index (κ2) is 51.3. The van der Waals surface area contributed by atoms with Crippen LogP contribution in [0.4, 0.5) is 0 Å². The van der Waals surface area contributed by atoms with Gasteiger partial charge in [-0.2, -0.15) is 0 Å². The van der Waals surface area contributed by atoms with Gasteiger partial charge in [-0.25, -0.2) is 0 Å². The van der Waals surface area contributed by atoms with Gasteiger partial charge in [-0.1, -0.05) is 91.5 Å². The third-order valence-electron chi connectivity index (χ3n) is 4.30. The van der Waals surface area contributed by atoms with Crippen molar-refractivity contribution in [2.24, 2.45) is 5.92 Å². The average Bonchev–Trinajstić information content (AvgIpc) is 2.82. The Bertz CT molecular complexity index is 492. The van der Waals surface area contributed by atoms with Gasteiger partial charge in [0.2, 0.25) is 0 Å². The number of hydrogen-bond acceptors (Lipinski definition) is 5. The van der Waals surface area contributed by atoms with Crippen LogP contribution in [0.2, 0.25) is 0 Å². The van der Waals surface area contributed by atoms with E-state index in [-0.39, 0.29) is 84.9 Å². The first-order chi connectivity index (χ1) is 16.7. The van der Waals surface area contributed by atoms with E-state index in [1.165, 1.54) is 37.5 Å². The SMILES string of the molecule is C=CC(CCCC)OC(=O)C(C)C.CCCC/C=C/CCCCOC(C)=O.CCCC[O-].[Br][Cu][Br].[Cl-].[Li].[Mg+2]. The molecule has 0 saturated heterocycles. The smallest absolute Gasteiger partial charge is 1.00 e. The minimum atomic E-state index is -0.177. The quantitative estimate of drug-likeness (QED) is 0.101. The van der Waals surface area contributed by atoms with Crippen LogP contribution in [-0.2, 0) is 30.4 Å². The molecule has 0 saturated carbocycles. The molecule has 0 amide bonds. The zero-order valence-corrected chi connectivity index (χ0v) is 31.3. The summed E-state index contributed by atoms with van der Waals surface area (Å²) in [7, 11) is 0. The van der Waals surface area contributed by atoms with Gasteiger partial charge in [0.25, 0.3) is 0 Å². The maximum Gasteiger partial charge on any atom is 2.00 e. The molecule has 1 atom stereocenters. The van der Waals surface area contributed by atoms with E-state index >= 15 is 0 Å². The molecule has 0 spiro atoms. The molecule has 0 aromatic carbocycles. The largest absolute Gasteiger partial charge is 2.00 e. The molecule has 0 rings (SSSR count). The molecule has 0 heterocycles. The summed E-state index contributed by atoms with van der Waals surface area (Å²) in [6.45, 7) is 15.8. The predicted octanol–water partition coefficient (Wildman–Crippen LogP) is 4.47. The van der Waals surface area contributed by atoms with Gasteiger partial charge in [0.15, 0.2) is 0 Å². The summed E-state index contributed by atoms with van der Waals surface area (Å²) in [4.78, 5) is 21.6. The maximum absolute atomic E-state index is 11.2. The number of carbonyl (C=O) groups excluding carboxylic acids is 2. The van der Waals surface area contributed by atoms with Crippen molar-refractivity contribution < 1.29 is 47.9 Å². The second-order valence-electron chi connectivity index (χ2n) is 8.06. The third-order valence-corrected chi connectivity index (χ3v) is 4.30. The van der Waals surface area contributed by atoms with Crippen LogP contribution in [0.3, 0.4) is 0 Å². The van der Waals surface area contributed by atoms with E-state index in [1.54, 1.807) is 6.08 Å². The van der Waals surface area contributed by atoms with Crippen molar-refractivity contribution in [1.82, 2.24) is 0 Å². The van der Waals surface area contributed by atoms with Gasteiger partial charge in [0.05, 0.1) is 12.5 Å². The standard InChI is InChI=1S/C12H22O2.C11H20O2.C4H9O.2BrH.ClH.Cu.Li.Mg/c1-3-4-5-6-7-8-9-10-11-14-12(2)13;1-5-7-8-10(6-2)13-11(12)9(3)4;1-2-3-4-5;;;;;;/h6-7H,3-5,8-11H2,1-2H3;6,9-10H,2,5,7-8H2,1,3-4H3;2-4H2,1H3;3*1H;;;/q;;-1;;;;+2;;+2/p-3/b7-6+;;;;;;;;. The Morgan fingerprint density at radius 3 is 1.76 bits per heavy atom. The van der Waals surface area contributed by atoms with E-state index in [1.807, 2.05) is 20.8 Å². The number of ether oxygens (including phenoxy) is 2. The molecule has 11 heteroatoms. The molecule has 38 heavy (non-hydrogen) atoms. The molecular formula is C27H51Br2ClCuLiMgO5. The zero-order chi connectivity index (χ0) is 27.7. The first-order valence-corrected chi connectivity index (χ1v) is 17.4.